The first-order chi connectivity index (χ1) is 11.7. The molecule has 5 heteroatoms. The number of hydrogen-bond donors (Lipinski definition) is 1. The van der Waals surface area contributed by atoms with Gasteiger partial charge in [0.1, 0.15) is 11.0 Å². The van der Waals surface area contributed by atoms with Crippen molar-refractivity contribution in [2.75, 3.05) is 0 Å². The minimum absolute atomic E-state index is 0.105. The molecule has 0 aliphatic rings. The summed E-state index contributed by atoms with van der Waals surface area (Å²) in [6.07, 6.45) is 0. The maximum Gasteiger partial charge on any atom is 0.217 e. The molecule has 0 aliphatic carbocycles. The van der Waals surface area contributed by atoms with Gasteiger partial charge in [0, 0.05) is 17.9 Å². The van der Waals surface area contributed by atoms with Gasteiger partial charge in [0.2, 0.25) is 5.91 Å². The molecule has 0 aliphatic heterocycles. The van der Waals surface area contributed by atoms with Crippen molar-refractivity contribution in [2.45, 2.75) is 13.0 Å². The van der Waals surface area contributed by atoms with Crippen molar-refractivity contribution in [3.8, 4) is 17.3 Å². The highest BCUT2D eigenvalue weighted by Crippen LogP contribution is 2.29. The number of carbonyl (C=O) groups is 1. The van der Waals surface area contributed by atoms with E-state index in [0.29, 0.717) is 5.56 Å². The van der Waals surface area contributed by atoms with Crippen LogP contribution in [0.25, 0.3) is 11.3 Å². The topological polar surface area (TPSA) is 65.8 Å². The van der Waals surface area contributed by atoms with Gasteiger partial charge >= 0.3 is 0 Å². The first-order valence-electron chi connectivity index (χ1n) is 7.45. The summed E-state index contributed by atoms with van der Waals surface area (Å²) in [5, 5.41) is 14.8. The van der Waals surface area contributed by atoms with E-state index in [1.54, 1.807) is 6.07 Å². The average Bonchev–Trinajstić information content (AvgIpc) is 3.10. The minimum Gasteiger partial charge on any atom is -0.343 e. The first kappa shape index (κ1) is 15.9. The van der Waals surface area contributed by atoms with E-state index in [9.17, 15) is 4.79 Å². The SMILES string of the molecule is CC(=O)NC(c1ccccc1)c1nc(-c2cccc(C#N)c2)cs1. The quantitative estimate of drug-likeness (QED) is 0.787. The molecule has 3 aromatic rings. The predicted octanol–water partition coefficient (Wildman–Crippen LogP) is 3.91. The van der Waals surface area contributed by atoms with E-state index in [4.69, 9.17) is 5.26 Å². The molecular weight excluding hydrogens is 318 g/mol. The molecule has 1 heterocycles. The summed E-state index contributed by atoms with van der Waals surface area (Å²) in [5.74, 6) is -0.105. The van der Waals surface area contributed by atoms with Gasteiger partial charge in [-0.2, -0.15) is 5.26 Å². The molecule has 1 aromatic heterocycles. The number of hydrogen-bond acceptors (Lipinski definition) is 4. The van der Waals surface area contributed by atoms with Gasteiger partial charge in [0.05, 0.1) is 17.3 Å². The van der Waals surface area contributed by atoms with Gasteiger partial charge in [0.15, 0.2) is 0 Å². The molecule has 1 atom stereocenters. The third kappa shape index (κ3) is 3.50. The van der Waals surface area contributed by atoms with E-state index >= 15 is 0 Å². The van der Waals surface area contributed by atoms with Crippen LogP contribution < -0.4 is 5.32 Å². The molecular formula is C19H15N3OS. The van der Waals surface area contributed by atoms with E-state index < -0.39 is 0 Å². The van der Waals surface area contributed by atoms with Crippen molar-refractivity contribution in [3.63, 3.8) is 0 Å². The number of nitrogens with zero attached hydrogens (tertiary/aromatic N) is 2. The third-order valence-corrected chi connectivity index (χ3v) is 4.45. The lowest BCUT2D eigenvalue weighted by molar-refractivity contribution is -0.119. The van der Waals surface area contributed by atoms with Gasteiger partial charge in [-0.15, -0.1) is 11.3 Å². The van der Waals surface area contributed by atoms with Crippen LogP contribution in [0, 0.1) is 11.3 Å². The summed E-state index contributed by atoms with van der Waals surface area (Å²) in [6.45, 7) is 1.50. The Bertz CT molecular complexity index is 896. The fourth-order valence-electron chi connectivity index (χ4n) is 2.44. The van der Waals surface area contributed by atoms with E-state index in [1.165, 1.54) is 18.3 Å². The van der Waals surface area contributed by atoms with Gasteiger partial charge in [-0.25, -0.2) is 4.98 Å². The van der Waals surface area contributed by atoms with E-state index in [2.05, 4.69) is 16.4 Å². The summed E-state index contributed by atoms with van der Waals surface area (Å²) >= 11 is 1.49. The monoisotopic (exact) mass is 333 g/mol. The molecule has 24 heavy (non-hydrogen) atoms. The molecule has 0 fully saturated rings. The summed E-state index contributed by atoms with van der Waals surface area (Å²) in [6, 6.07) is 19.0. The molecule has 0 bridgehead atoms. The molecule has 2 aromatic carbocycles. The van der Waals surface area contributed by atoms with Crippen molar-refractivity contribution < 1.29 is 4.79 Å². The summed E-state index contributed by atoms with van der Waals surface area (Å²) in [7, 11) is 0. The van der Waals surface area contributed by atoms with Crippen LogP contribution in [-0.4, -0.2) is 10.9 Å². The molecule has 0 spiro atoms. The fourth-order valence-corrected chi connectivity index (χ4v) is 3.34. The summed E-state index contributed by atoms with van der Waals surface area (Å²) in [5.41, 5.74) is 3.28. The van der Waals surface area contributed by atoms with Gasteiger partial charge < -0.3 is 5.32 Å². The largest absolute Gasteiger partial charge is 0.343 e. The second kappa shape index (κ2) is 7.07. The Balaban J connectivity index is 1.97. The van der Waals surface area contributed by atoms with Gasteiger partial charge in [-0.1, -0.05) is 42.5 Å². The number of nitriles is 1. The van der Waals surface area contributed by atoms with Crippen LogP contribution in [0.4, 0.5) is 0 Å². The lowest BCUT2D eigenvalue weighted by Crippen LogP contribution is -2.26. The number of rotatable bonds is 4. The summed E-state index contributed by atoms with van der Waals surface area (Å²) in [4.78, 5) is 16.3. The zero-order valence-electron chi connectivity index (χ0n) is 13.1. The Hall–Kier alpha value is -2.97. The second-order valence-electron chi connectivity index (χ2n) is 5.31. The zero-order chi connectivity index (χ0) is 16.9. The smallest absolute Gasteiger partial charge is 0.217 e. The highest BCUT2D eigenvalue weighted by atomic mass is 32.1. The number of nitrogens with one attached hydrogen (secondary N) is 1. The van der Waals surface area contributed by atoms with E-state index in [-0.39, 0.29) is 11.9 Å². The van der Waals surface area contributed by atoms with Crippen LogP contribution in [0.1, 0.15) is 29.1 Å². The van der Waals surface area contributed by atoms with Crippen LogP contribution in [-0.2, 0) is 4.79 Å². The molecule has 0 saturated carbocycles. The summed E-state index contributed by atoms with van der Waals surface area (Å²) < 4.78 is 0. The standard InChI is InChI=1S/C19H15N3OS/c1-13(23)21-18(15-7-3-2-4-8-15)19-22-17(12-24-19)16-9-5-6-14(10-16)11-20/h2-10,12,18H,1H3,(H,21,23). The Kier molecular flexibility index (Phi) is 4.69. The van der Waals surface area contributed by atoms with Gasteiger partial charge in [0.25, 0.3) is 0 Å². The lowest BCUT2D eigenvalue weighted by atomic mass is 10.1. The van der Waals surface area contributed by atoms with Crippen LogP contribution >= 0.6 is 11.3 Å². The molecule has 0 radical (unpaired) electrons. The highest BCUT2D eigenvalue weighted by molar-refractivity contribution is 7.10. The fraction of sp³-hybridized carbons (Fsp3) is 0.105. The molecule has 1 N–H and O–H groups in total. The number of benzene rings is 2. The van der Waals surface area contributed by atoms with Crippen molar-refractivity contribution >= 4 is 17.2 Å². The van der Waals surface area contributed by atoms with Crippen molar-refractivity contribution in [2.24, 2.45) is 0 Å². The molecule has 1 amide bonds. The second-order valence-corrected chi connectivity index (χ2v) is 6.20. The van der Waals surface area contributed by atoms with Crippen molar-refractivity contribution in [3.05, 3.63) is 76.1 Å². The zero-order valence-corrected chi connectivity index (χ0v) is 13.9. The molecule has 0 saturated heterocycles. The minimum atomic E-state index is -0.276. The predicted molar refractivity (Wildman–Crippen MR) is 94.4 cm³/mol. The van der Waals surface area contributed by atoms with Crippen LogP contribution in [0.2, 0.25) is 0 Å². The molecule has 118 valence electrons. The third-order valence-electron chi connectivity index (χ3n) is 3.54. The van der Waals surface area contributed by atoms with Crippen LogP contribution in [0.15, 0.2) is 60.0 Å². The number of thiazole rings is 1. The van der Waals surface area contributed by atoms with Crippen molar-refractivity contribution in [1.82, 2.24) is 10.3 Å². The van der Waals surface area contributed by atoms with E-state index in [0.717, 1.165) is 21.8 Å². The Labute approximate surface area is 144 Å². The van der Waals surface area contributed by atoms with E-state index in [1.807, 2.05) is 53.9 Å². The molecule has 1 unspecified atom stereocenters. The van der Waals surface area contributed by atoms with Crippen LogP contribution in [0.5, 0.6) is 0 Å². The Morgan fingerprint density at radius 3 is 2.71 bits per heavy atom. The first-order valence-corrected chi connectivity index (χ1v) is 8.33. The van der Waals surface area contributed by atoms with Gasteiger partial charge in [-0.3, -0.25) is 4.79 Å². The molecule has 4 nitrogen and oxygen atoms in total. The number of amides is 1. The number of carbonyl (C=O) groups excluding carboxylic acids is 1. The Morgan fingerprint density at radius 1 is 1.21 bits per heavy atom. The Morgan fingerprint density at radius 2 is 2.00 bits per heavy atom. The average molecular weight is 333 g/mol. The van der Waals surface area contributed by atoms with Crippen molar-refractivity contribution in [1.29, 1.82) is 5.26 Å². The van der Waals surface area contributed by atoms with Crippen LogP contribution in [0.3, 0.4) is 0 Å². The normalized spacial score (nSPS) is 11.5. The maximum atomic E-state index is 11.6. The number of aromatic nitrogens is 1. The lowest BCUT2D eigenvalue weighted by Gasteiger charge is -2.15. The van der Waals surface area contributed by atoms with Gasteiger partial charge in [-0.05, 0) is 17.7 Å². The maximum absolute atomic E-state index is 11.6. The highest BCUT2D eigenvalue weighted by Gasteiger charge is 2.19. The molecule has 3 rings (SSSR count).